The summed E-state index contributed by atoms with van der Waals surface area (Å²) in [6, 6.07) is -0.327. The van der Waals surface area contributed by atoms with Gasteiger partial charge in [0.2, 0.25) is 0 Å². The van der Waals surface area contributed by atoms with Gasteiger partial charge in [-0.05, 0) is 65.6 Å². The maximum atomic E-state index is 13.1. The van der Waals surface area contributed by atoms with Gasteiger partial charge in [0.15, 0.2) is 14.1 Å². The van der Waals surface area contributed by atoms with E-state index in [-0.39, 0.29) is 42.1 Å². The molecule has 0 saturated carbocycles. The van der Waals surface area contributed by atoms with Crippen LogP contribution in [0.4, 0.5) is 4.79 Å². The largest absolute Gasteiger partial charge is 0.444 e. The Morgan fingerprint density at radius 1 is 1.20 bits per heavy atom. The first-order chi connectivity index (χ1) is 13.5. The molecule has 0 aromatic carbocycles. The molecule has 1 N–H and O–H groups in total. The summed E-state index contributed by atoms with van der Waals surface area (Å²) in [5.74, 6) is -0.702. The second kappa shape index (κ2) is 8.69. The summed E-state index contributed by atoms with van der Waals surface area (Å²) in [6.07, 6.45) is 0.0791. The molecule has 7 nitrogen and oxygen atoms in total. The molecule has 0 unspecified atom stereocenters. The van der Waals surface area contributed by atoms with E-state index in [9.17, 15) is 9.90 Å². The van der Waals surface area contributed by atoms with E-state index in [4.69, 9.17) is 18.6 Å². The lowest BCUT2D eigenvalue weighted by Crippen LogP contribution is -2.55. The fraction of sp³-hybridized carbons (Fsp3) is 0.955. The molecule has 2 fully saturated rings. The zero-order valence-electron chi connectivity index (χ0n) is 20.6. The Kier molecular flexibility index (Phi) is 7.41. The Bertz CT molecular complexity index is 610. The highest BCUT2D eigenvalue weighted by molar-refractivity contribution is 6.74. The van der Waals surface area contributed by atoms with Crippen molar-refractivity contribution in [3.63, 3.8) is 0 Å². The lowest BCUT2D eigenvalue weighted by Gasteiger charge is -2.43. The first-order valence-electron chi connectivity index (χ1n) is 11.1. The maximum absolute atomic E-state index is 13.1. The molecule has 0 aliphatic carbocycles. The van der Waals surface area contributed by atoms with E-state index in [2.05, 4.69) is 33.9 Å². The summed E-state index contributed by atoms with van der Waals surface area (Å²) < 4.78 is 24.9. The molecule has 0 radical (unpaired) electrons. The van der Waals surface area contributed by atoms with Crippen LogP contribution in [0, 0.1) is 0 Å². The lowest BCUT2D eigenvalue weighted by atomic mass is 10.0. The average molecular weight is 446 g/mol. The molecule has 176 valence electrons. The standard InChI is InChI=1S/C22H43NO6Si/c1-20(2,3)28-19(25)23-14-16-18(27-22(7,8)26-16)17(23)15(12-11-13-24)29-30(9,10)21(4,5)6/h15-18,24H,11-14H2,1-10H3/t15-,16-,17+,18-/m1/s1. The van der Waals surface area contributed by atoms with E-state index < -0.39 is 19.7 Å². The summed E-state index contributed by atoms with van der Waals surface area (Å²) in [5, 5.41) is 9.53. The van der Waals surface area contributed by atoms with E-state index in [0.717, 1.165) is 0 Å². The van der Waals surface area contributed by atoms with Crippen molar-refractivity contribution in [2.75, 3.05) is 13.2 Å². The van der Waals surface area contributed by atoms with Gasteiger partial charge in [0.25, 0.3) is 0 Å². The molecule has 0 spiro atoms. The Labute approximate surface area is 183 Å². The first kappa shape index (κ1) is 25.6. The molecule has 4 atom stereocenters. The van der Waals surface area contributed by atoms with Gasteiger partial charge in [-0.1, -0.05) is 20.8 Å². The summed E-state index contributed by atoms with van der Waals surface area (Å²) >= 11 is 0. The van der Waals surface area contributed by atoms with Gasteiger partial charge in [-0.2, -0.15) is 0 Å². The van der Waals surface area contributed by atoms with Crippen LogP contribution in [0.1, 0.15) is 68.2 Å². The van der Waals surface area contributed by atoms with Crippen molar-refractivity contribution in [1.82, 2.24) is 4.90 Å². The highest BCUT2D eigenvalue weighted by Crippen LogP contribution is 2.43. The SMILES string of the molecule is CC(C)(C)OC(=O)N1C[C@H]2OC(C)(C)O[C@H]2[C@@H]1[C@@H](CCCO)O[Si](C)(C)C(C)(C)C. The minimum absolute atomic E-state index is 0.0194. The fourth-order valence-corrected chi connectivity index (χ4v) is 5.23. The van der Waals surface area contributed by atoms with Crippen LogP contribution < -0.4 is 0 Å². The van der Waals surface area contributed by atoms with Crippen LogP contribution in [0.25, 0.3) is 0 Å². The third-order valence-corrected chi connectivity index (χ3v) is 10.7. The number of aliphatic hydroxyl groups is 1. The van der Waals surface area contributed by atoms with Crippen LogP contribution in [0.5, 0.6) is 0 Å². The summed E-state index contributed by atoms with van der Waals surface area (Å²) in [4.78, 5) is 14.8. The van der Waals surface area contributed by atoms with Gasteiger partial charge in [0.1, 0.15) is 17.8 Å². The second-order valence-corrected chi connectivity index (χ2v) is 16.3. The number of hydrogen-bond donors (Lipinski definition) is 1. The molecule has 1 amide bonds. The van der Waals surface area contributed by atoms with Crippen molar-refractivity contribution >= 4 is 14.4 Å². The topological polar surface area (TPSA) is 77.5 Å². The zero-order chi connectivity index (χ0) is 23.1. The number of likely N-dealkylation sites (tertiary alicyclic amines) is 1. The lowest BCUT2D eigenvalue weighted by molar-refractivity contribution is -0.165. The number of fused-ring (bicyclic) bond motifs is 1. The molecule has 2 saturated heterocycles. The van der Waals surface area contributed by atoms with Crippen LogP contribution in [-0.2, 0) is 18.6 Å². The molecule has 2 rings (SSSR count). The van der Waals surface area contributed by atoms with Gasteiger partial charge in [0.05, 0.1) is 18.7 Å². The average Bonchev–Trinajstić information content (AvgIpc) is 3.00. The van der Waals surface area contributed by atoms with E-state index in [1.54, 1.807) is 4.90 Å². The summed E-state index contributed by atoms with van der Waals surface area (Å²) in [5.41, 5.74) is -0.596. The number of aliphatic hydroxyl groups excluding tert-OH is 1. The Morgan fingerprint density at radius 2 is 1.80 bits per heavy atom. The molecule has 0 bridgehead atoms. The van der Waals surface area contributed by atoms with Crippen LogP contribution in [-0.4, -0.2) is 73.3 Å². The molecule has 2 aliphatic heterocycles. The van der Waals surface area contributed by atoms with Crippen molar-refractivity contribution in [1.29, 1.82) is 0 Å². The Balaban J connectivity index is 2.38. The smallest absolute Gasteiger partial charge is 0.410 e. The normalized spacial score (nSPS) is 27.8. The highest BCUT2D eigenvalue weighted by Gasteiger charge is 2.58. The number of amides is 1. The van der Waals surface area contributed by atoms with Crippen molar-refractivity contribution < 1.29 is 28.5 Å². The Morgan fingerprint density at radius 3 is 2.30 bits per heavy atom. The first-order valence-corrected chi connectivity index (χ1v) is 14.0. The molecule has 0 aromatic heterocycles. The number of nitrogens with zero attached hydrogens (tertiary/aromatic N) is 1. The number of hydrogen-bond acceptors (Lipinski definition) is 6. The van der Waals surface area contributed by atoms with Crippen LogP contribution in [0.15, 0.2) is 0 Å². The molecule has 30 heavy (non-hydrogen) atoms. The third kappa shape index (κ3) is 5.97. The van der Waals surface area contributed by atoms with Crippen molar-refractivity contribution in [2.24, 2.45) is 0 Å². The van der Waals surface area contributed by atoms with E-state index in [0.29, 0.717) is 19.4 Å². The molecule has 8 heteroatoms. The van der Waals surface area contributed by atoms with Crippen LogP contribution >= 0.6 is 0 Å². The van der Waals surface area contributed by atoms with Crippen LogP contribution in [0.2, 0.25) is 18.1 Å². The van der Waals surface area contributed by atoms with E-state index >= 15 is 0 Å². The number of carbonyl (C=O) groups excluding carboxylic acids is 1. The number of carbonyl (C=O) groups is 1. The van der Waals surface area contributed by atoms with Crippen molar-refractivity contribution in [3.05, 3.63) is 0 Å². The minimum Gasteiger partial charge on any atom is -0.444 e. The fourth-order valence-electron chi connectivity index (χ4n) is 3.86. The molecular weight excluding hydrogens is 402 g/mol. The van der Waals surface area contributed by atoms with Crippen LogP contribution in [0.3, 0.4) is 0 Å². The Hall–Kier alpha value is -0.673. The minimum atomic E-state index is -2.13. The monoisotopic (exact) mass is 445 g/mol. The predicted molar refractivity (Wildman–Crippen MR) is 119 cm³/mol. The molecule has 2 aliphatic rings. The third-order valence-electron chi connectivity index (χ3n) is 6.20. The number of rotatable bonds is 6. The highest BCUT2D eigenvalue weighted by atomic mass is 28.4. The van der Waals surface area contributed by atoms with E-state index in [1.807, 2.05) is 34.6 Å². The van der Waals surface area contributed by atoms with Gasteiger partial charge in [-0.15, -0.1) is 0 Å². The number of ether oxygens (including phenoxy) is 3. The second-order valence-electron chi connectivity index (χ2n) is 11.5. The van der Waals surface area contributed by atoms with Gasteiger partial charge >= 0.3 is 6.09 Å². The zero-order valence-corrected chi connectivity index (χ0v) is 21.6. The quantitative estimate of drug-likeness (QED) is 0.615. The van der Waals surface area contributed by atoms with Gasteiger partial charge in [0, 0.05) is 6.61 Å². The van der Waals surface area contributed by atoms with Crippen molar-refractivity contribution in [2.45, 2.75) is 122 Å². The summed E-state index contributed by atoms with van der Waals surface area (Å²) in [6.45, 7) is 20.9. The van der Waals surface area contributed by atoms with Gasteiger partial charge in [-0.25, -0.2) is 4.79 Å². The molecule has 2 heterocycles. The maximum Gasteiger partial charge on any atom is 0.410 e. The van der Waals surface area contributed by atoms with Gasteiger partial charge < -0.3 is 23.7 Å². The van der Waals surface area contributed by atoms with E-state index in [1.165, 1.54) is 0 Å². The summed E-state index contributed by atoms with van der Waals surface area (Å²) in [7, 11) is -2.13. The van der Waals surface area contributed by atoms with Crippen molar-refractivity contribution in [3.8, 4) is 0 Å². The predicted octanol–water partition coefficient (Wildman–Crippen LogP) is 4.29. The molecule has 0 aromatic rings. The molecular formula is C22H43NO6Si. The van der Waals surface area contributed by atoms with Gasteiger partial charge in [-0.3, -0.25) is 4.90 Å².